The highest BCUT2D eigenvalue weighted by Crippen LogP contribution is 2.30. The third-order valence-corrected chi connectivity index (χ3v) is 4.04. The Bertz CT molecular complexity index is 652. The van der Waals surface area contributed by atoms with Gasteiger partial charge in [-0.25, -0.2) is 0 Å². The number of ketones is 1. The normalized spacial score (nSPS) is 14.2. The molecule has 1 N–H and O–H groups in total. The number of carbonyl (C=O) groups excluding carboxylic acids is 1. The van der Waals surface area contributed by atoms with Gasteiger partial charge >= 0.3 is 0 Å². The number of nitrogens with one attached hydrogen (secondary N) is 1. The zero-order chi connectivity index (χ0) is 12.9. The molecule has 94 valence electrons. The molecule has 0 saturated carbocycles. The summed E-state index contributed by atoms with van der Waals surface area (Å²) in [6, 6.07) is 4.42. The van der Waals surface area contributed by atoms with Gasteiger partial charge in [0.1, 0.15) is 0 Å². The fourth-order valence-corrected chi connectivity index (χ4v) is 2.89. The molecule has 3 nitrogen and oxygen atoms in total. The molecule has 2 heterocycles. The molecule has 0 spiro atoms. The van der Waals surface area contributed by atoms with Gasteiger partial charge in [0.2, 0.25) is 0 Å². The lowest BCUT2D eigenvalue weighted by molar-refractivity contribution is 0.0989. The van der Waals surface area contributed by atoms with Crippen molar-refractivity contribution in [3.8, 4) is 0 Å². The molecule has 1 aromatic heterocycles. The minimum absolute atomic E-state index is 0.240. The van der Waals surface area contributed by atoms with Crippen LogP contribution in [0.4, 0.5) is 0 Å². The minimum Gasteiger partial charge on any atom is -0.347 e. The van der Waals surface area contributed by atoms with Crippen LogP contribution in [-0.2, 0) is 20.1 Å². The number of nitrogens with zero attached hydrogens (tertiary/aromatic N) is 1. The summed E-state index contributed by atoms with van der Waals surface area (Å²) in [5, 5.41) is 4.47. The summed E-state index contributed by atoms with van der Waals surface area (Å²) >= 11 is 0. The van der Waals surface area contributed by atoms with E-state index >= 15 is 0 Å². The highest BCUT2D eigenvalue weighted by Gasteiger charge is 2.20. The number of Topliss-reactive ketones (excluding diaryl/α,β-unsaturated/α-hetero) is 1. The number of aromatic nitrogens is 1. The van der Waals surface area contributed by atoms with Crippen LogP contribution in [0.2, 0.25) is 0 Å². The molecule has 0 amide bonds. The van der Waals surface area contributed by atoms with Gasteiger partial charge in [-0.2, -0.15) is 0 Å². The van der Waals surface area contributed by atoms with Crippen LogP contribution in [0.25, 0.3) is 10.9 Å². The predicted octanol–water partition coefficient (Wildman–Crippen LogP) is 2.68. The first kappa shape index (κ1) is 11.5. The molecule has 1 aliphatic rings. The van der Waals surface area contributed by atoms with Gasteiger partial charge in [0.25, 0.3) is 0 Å². The molecule has 3 heteroatoms. The lowest BCUT2D eigenvalue weighted by Crippen LogP contribution is -2.01. The van der Waals surface area contributed by atoms with Crippen LogP contribution in [0.3, 0.4) is 0 Å². The second-order valence-corrected chi connectivity index (χ2v) is 5.04. The van der Waals surface area contributed by atoms with Gasteiger partial charge in [0, 0.05) is 48.7 Å². The second-order valence-electron chi connectivity index (χ2n) is 5.04. The molecule has 0 fully saturated rings. The number of aryl methyl sites for hydroxylation is 1. The van der Waals surface area contributed by atoms with E-state index in [0.717, 1.165) is 29.7 Å². The van der Waals surface area contributed by atoms with Gasteiger partial charge in [0.05, 0.1) is 0 Å². The zero-order valence-corrected chi connectivity index (χ0v) is 11.1. The molecule has 0 radical (unpaired) electrons. The number of hydrogen-bond acceptors (Lipinski definition) is 2. The van der Waals surface area contributed by atoms with Gasteiger partial charge < -0.3 is 9.88 Å². The summed E-state index contributed by atoms with van der Waals surface area (Å²) in [6.07, 6.45) is 0.565. The number of fused-ring (bicyclic) bond motifs is 2. The average Bonchev–Trinajstić information content (AvgIpc) is 2.91. The van der Waals surface area contributed by atoms with Crippen LogP contribution in [0, 0.1) is 6.92 Å². The largest absolute Gasteiger partial charge is 0.347 e. The summed E-state index contributed by atoms with van der Waals surface area (Å²) in [7, 11) is 2.04. The summed E-state index contributed by atoms with van der Waals surface area (Å²) in [4.78, 5) is 12.1. The van der Waals surface area contributed by atoms with Crippen molar-refractivity contribution in [2.24, 2.45) is 7.05 Å². The van der Waals surface area contributed by atoms with E-state index in [0.29, 0.717) is 6.42 Å². The third kappa shape index (κ3) is 1.44. The van der Waals surface area contributed by atoms with Crippen LogP contribution in [0.15, 0.2) is 12.1 Å². The number of carbonyl (C=O) groups is 1. The lowest BCUT2D eigenvalue weighted by atomic mass is 10.0. The average molecular weight is 242 g/mol. The molecule has 0 aliphatic carbocycles. The molecule has 2 aromatic rings. The van der Waals surface area contributed by atoms with Crippen LogP contribution in [0.1, 0.15) is 40.5 Å². The van der Waals surface area contributed by atoms with Gasteiger partial charge in [-0.05, 0) is 30.2 Å². The molecule has 3 rings (SSSR count). The standard InChI is InChI=1S/C15H18N2O/c1-4-14(18)15-9(2)17(3)13-6-11-8-16-7-10(11)5-12(13)15/h5-6,16H,4,7-8H2,1-3H3. The maximum absolute atomic E-state index is 12.1. The molecule has 1 aromatic carbocycles. The summed E-state index contributed by atoms with van der Waals surface area (Å²) < 4.78 is 2.14. The maximum Gasteiger partial charge on any atom is 0.165 e. The first-order valence-electron chi connectivity index (χ1n) is 6.48. The van der Waals surface area contributed by atoms with Crippen molar-refractivity contribution < 1.29 is 4.79 Å². The molecule has 0 atom stereocenters. The zero-order valence-electron chi connectivity index (χ0n) is 11.1. The Labute approximate surface area is 107 Å². The van der Waals surface area contributed by atoms with Gasteiger partial charge in [-0.1, -0.05) is 6.92 Å². The minimum atomic E-state index is 0.240. The van der Waals surface area contributed by atoms with Crippen LogP contribution < -0.4 is 5.32 Å². The topological polar surface area (TPSA) is 34.0 Å². The van der Waals surface area contributed by atoms with Gasteiger partial charge in [-0.3, -0.25) is 4.79 Å². The van der Waals surface area contributed by atoms with E-state index in [2.05, 4.69) is 22.0 Å². The molecule has 0 saturated heterocycles. The van der Waals surface area contributed by atoms with Crippen LogP contribution in [0.5, 0.6) is 0 Å². The molecular weight excluding hydrogens is 224 g/mol. The van der Waals surface area contributed by atoms with E-state index in [1.165, 1.54) is 16.6 Å². The van der Waals surface area contributed by atoms with Gasteiger partial charge in [0.15, 0.2) is 5.78 Å². The lowest BCUT2D eigenvalue weighted by Gasteiger charge is -2.01. The van der Waals surface area contributed by atoms with Crippen molar-refractivity contribution in [2.45, 2.75) is 33.4 Å². The SMILES string of the molecule is CCC(=O)c1c(C)n(C)c2cc3c(cc12)CNC3. The Morgan fingerprint density at radius 2 is 2.00 bits per heavy atom. The number of hydrogen-bond donors (Lipinski definition) is 1. The highest BCUT2D eigenvalue weighted by atomic mass is 16.1. The number of rotatable bonds is 2. The highest BCUT2D eigenvalue weighted by molar-refractivity contribution is 6.09. The maximum atomic E-state index is 12.1. The fourth-order valence-electron chi connectivity index (χ4n) is 2.89. The third-order valence-electron chi connectivity index (χ3n) is 4.04. The van der Waals surface area contributed by atoms with Crippen molar-refractivity contribution >= 4 is 16.7 Å². The Hall–Kier alpha value is -1.61. The molecule has 0 unspecified atom stereocenters. The Balaban J connectivity index is 2.36. The molecule has 0 bridgehead atoms. The van der Waals surface area contributed by atoms with E-state index < -0.39 is 0 Å². The summed E-state index contributed by atoms with van der Waals surface area (Å²) in [5.41, 5.74) is 5.85. The second kappa shape index (κ2) is 3.95. The number of benzene rings is 1. The Kier molecular flexibility index (Phi) is 2.52. The van der Waals surface area contributed by atoms with Crippen molar-refractivity contribution in [2.75, 3.05) is 0 Å². The monoisotopic (exact) mass is 242 g/mol. The van der Waals surface area contributed by atoms with E-state index in [9.17, 15) is 4.79 Å². The predicted molar refractivity (Wildman–Crippen MR) is 72.8 cm³/mol. The van der Waals surface area contributed by atoms with Crippen molar-refractivity contribution in [1.82, 2.24) is 9.88 Å². The Morgan fingerprint density at radius 1 is 1.33 bits per heavy atom. The molecule has 18 heavy (non-hydrogen) atoms. The van der Waals surface area contributed by atoms with Crippen molar-refractivity contribution in [3.63, 3.8) is 0 Å². The Morgan fingerprint density at radius 3 is 2.67 bits per heavy atom. The van der Waals surface area contributed by atoms with E-state index in [4.69, 9.17) is 0 Å². The quantitative estimate of drug-likeness (QED) is 0.821. The smallest absolute Gasteiger partial charge is 0.165 e. The van der Waals surface area contributed by atoms with Crippen molar-refractivity contribution in [3.05, 3.63) is 34.5 Å². The molecule has 1 aliphatic heterocycles. The van der Waals surface area contributed by atoms with E-state index in [1.54, 1.807) is 0 Å². The van der Waals surface area contributed by atoms with Crippen molar-refractivity contribution in [1.29, 1.82) is 0 Å². The van der Waals surface area contributed by atoms with Crippen LogP contribution >= 0.6 is 0 Å². The first-order valence-corrected chi connectivity index (χ1v) is 6.48. The van der Waals surface area contributed by atoms with Crippen LogP contribution in [-0.4, -0.2) is 10.4 Å². The van der Waals surface area contributed by atoms with Gasteiger partial charge in [-0.15, -0.1) is 0 Å². The summed E-state index contributed by atoms with van der Waals surface area (Å²) in [6.45, 7) is 5.81. The van der Waals surface area contributed by atoms with E-state index in [-0.39, 0.29) is 5.78 Å². The van der Waals surface area contributed by atoms with E-state index in [1.807, 2.05) is 20.9 Å². The molecular formula is C15H18N2O. The summed E-state index contributed by atoms with van der Waals surface area (Å²) in [5.74, 6) is 0.240. The fraction of sp³-hybridized carbons (Fsp3) is 0.400. The first-order chi connectivity index (χ1) is 8.63.